The maximum absolute atomic E-state index is 4.92. The van der Waals surface area contributed by atoms with E-state index in [9.17, 15) is 0 Å². The predicted molar refractivity (Wildman–Crippen MR) is 32.7 cm³/mol. The van der Waals surface area contributed by atoms with Crippen molar-refractivity contribution in [3.05, 3.63) is 24.6 Å². The van der Waals surface area contributed by atoms with Gasteiger partial charge in [-0.2, -0.15) is 0 Å². The summed E-state index contributed by atoms with van der Waals surface area (Å²) < 4.78 is 4.92. The zero-order chi connectivity index (χ0) is 5.66. The Labute approximate surface area is 48.2 Å². The van der Waals surface area contributed by atoms with E-state index in [1.165, 1.54) is 0 Å². The van der Waals surface area contributed by atoms with Crippen molar-refractivity contribution in [2.75, 3.05) is 6.61 Å². The predicted octanol–water partition coefficient (Wildman–Crippen LogP) is 1.11. The maximum Gasteiger partial charge on any atom is 0.107 e. The normalized spacial score (nSPS) is 17.0. The lowest BCUT2D eigenvalue weighted by Crippen LogP contribution is -1.82. The topological polar surface area (TPSA) is 21.6 Å². The van der Waals surface area contributed by atoms with Crippen LogP contribution in [0.2, 0.25) is 0 Å². The molecule has 0 aromatic carbocycles. The SMILES string of the molecule is C1=COCC=CN=C1. The lowest BCUT2D eigenvalue weighted by molar-refractivity contribution is 0.290. The Hall–Kier alpha value is -1.05. The second kappa shape index (κ2) is 3.02. The van der Waals surface area contributed by atoms with Crippen LogP contribution in [0, 0.1) is 0 Å². The van der Waals surface area contributed by atoms with Gasteiger partial charge in [0.1, 0.15) is 6.61 Å². The van der Waals surface area contributed by atoms with Gasteiger partial charge in [-0.1, -0.05) is 0 Å². The van der Waals surface area contributed by atoms with E-state index >= 15 is 0 Å². The summed E-state index contributed by atoms with van der Waals surface area (Å²) >= 11 is 0. The average molecular weight is 109 g/mol. The van der Waals surface area contributed by atoms with Crippen molar-refractivity contribution in [3.8, 4) is 0 Å². The van der Waals surface area contributed by atoms with E-state index in [1.54, 1.807) is 24.8 Å². The summed E-state index contributed by atoms with van der Waals surface area (Å²) in [7, 11) is 0. The molecule has 0 aromatic rings. The van der Waals surface area contributed by atoms with Crippen molar-refractivity contribution in [1.82, 2.24) is 0 Å². The van der Waals surface area contributed by atoms with Crippen LogP contribution in [-0.4, -0.2) is 12.8 Å². The number of hydrogen-bond acceptors (Lipinski definition) is 2. The van der Waals surface area contributed by atoms with E-state index in [0.717, 1.165) is 0 Å². The van der Waals surface area contributed by atoms with E-state index in [4.69, 9.17) is 4.74 Å². The molecule has 0 unspecified atom stereocenters. The molecule has 0 aliphatic carbocycles. The molecular weight excluding hydrogens is 102 g/mol. The zero-order valence-corrected chi connectivity index (χ0v) is 4.45. The molecule has 42 valence electrons. The standard InChI is InChI=1S/C6H7NO/c1-3-7-4-2-6-8-5-1/h1-5H,6H2. The van der Waals surface area contributed by atoms with Gasteiger partial charge in [-0.3, -0.25) is 4.99 Å². The molecule has 0 radical (unpaired) electrons. The number of allylic oxidation sites excluding steroid dienone is 1. The van der Waals surface area contributed by atoms with Gasteiger partial charge in [0.05, 0.1) is 6.26 Å². The molecule has 0 amide bonds. The number of aliphatic imine (C=N–C) groups is 1. The molecule has 0 saturated carbocycles. The van der Waals surface area contributed by atoms with Crippen molar-refractivity contribution in [2.24, 2.45) is 4.99 Å². The molecule has 8 heavy (non-hydrogen) atoms. The largest absolute Gasteiger partial charge is 0.497 e. The lowest BCUT2D eigenvalue weighted by atomic mass is 10.6. The van der Waals surface area contributed by atoms with Gasteiger partial charge in [-0.15, -0.1) is 0 Å². The van der Waals surface area contributed by atoms with Gasteiger partial charge < -0.3 is 4.74 Å². The molecule has 2 nitrogen and oxygen atoms in total. The molecule has 0 N–H and O–H groups in total. The molecule has 0 fully saturated rings. The van der Waals surface area contributed by atoms with Gasteiger partial charge in [0.25, 0.3) is 0 Å². The fourth-order valence-corrected chi connectivity index (χ4v) is 0.405. The molecule has 1 rings (SSSR count). The minimum absolute atomic E-state index is 0.619. The summed E-state index contributed by atoms with van der Waals surface area (Å²) in [5.74, 6) is 0. The van der Waals surface area contributed by atoms with Gasteiger partial charge in [0.15, 0.2) is 0 Å². The summed E-state index contributed by atoms with van der Waals surface area (Å²) in [6.07, 6.45) is 8.61. The quantitative estimate of drug-likeness (QED) is 0.456. The summed E-state index contributed by atoms with van der Waals surface area (Å²) in [6, 6.07) is 0. The Bertz CT molecular complexity index is 119. The average Bonchev–Trinajstić information content (AvgIpc) is 1.62. The molecule has 0 spiro atoms. The van der Waals surface area contributed by atoms with Gasteiger partial charge in [-0.25, -0.2) is 0 Å². The van der Waals surface area contributed by atoms with Crippen LogP contribution < -0.4 is 0 Å². The number of ether oxygens (including phenoxy) is 1. The Kier molecular flexibility index (Phi) is 1.92. The molecule has 2 heteroatoms. The van der Waals surface area contributed by atoms with Crippen molar-refractivity contribution < 1.29 is 4.74 Å². The van der Waals surface area contributed by atoms with E-state index in [0.29, 0.717) is 6.61 Å². The van der Waals surface area contributed by atoms with Gasteiger partial charge in [0.2, 0.25) is 0 Å². The van der Waals surface area contributed by atoms with Crippen molar-refractivity contribution in [2.45, 2.75) is 0 Å². The minimum Gasteiger partial charge on any atom is -0.497 e. The third-order valence-corrected chi connectivity index (χ3v) is 0.731. The highest BCUT2D eigenvalue weighted by Crippen LogP contribution is 1.83. The fraction of sp³-hybridized carbons (Fsp3) is 0.167. The van der Waals surface area contributed by atoms with Crippen LogP contribution in [0.5, 0.6) is 0 Å². The Morgan fingerprint density at radius 3 is 3.50 bits per heavy atom. The summed E-state index contributed by atoms with van der Waals surface area (Å²) in [5.41, 5.74) is 0. The van der Waals surface area contributed by atoms with Crippen LogP contribution in [-0.2, 0) is 4.74 Å². The van der Waals surface area contributed by atoms with E-state index in [2.05, 4.69) is 4.99 Å². The summed E-state index contributed by atoms with van der Waals surface area (Å²) in [4.78, 5) is 3.86. The third-order valence-electron chi connectivity index (χ3n) is 0.731. The first-order valence-electron chi connectivity index (χ1n) is 2.45. The van der Waals surface area contributed by atoms with Crippen molar-refractivity contribution in [3.63, 3.8) is 0 Å². The van der Waals surface area contributed by atoms with Crippen LogP contribution in [0.3, 0.4) is 0 Å². The first kappa shape index (κ1) is 5.09. The Morgan fingerprint density at radius 2 is 2.50 bits per heavy atom. The number of nitrogens with zero attached hydrogens (tertiary/aromatic N) is 1. The first-order valence-corrected chi connectivity index (χ1v) is 2.45. The second-order valence-corrected chi connectivity index (χ2v) is 1.34. The summed E-state index contributed by atoms with van der Waals surface area (Å²) in [5, 5.41) is 0. The molecule has 0 aromatic heterocycles. The summed E-state index contributed by atoms with van der Waals surface area (Å²) in [6.45, 7) is 0.619. The van der Waals surface area contributed by atoms with Crippen LogP contribution in [0.4, 0.5) is 0 Å². The van der Waals surface area contributed by atoms with Crippen molar-refractivity contribution in [1.29, 1.82) is 0 Å². The molecule has 0 bridgehead atoms. The molecule has 1 aliphatic rings. The smallest absolute Gasteiger partial charge is 0.107 e. The van der Waals surface area contributed by atoms with Crippen LogP contribution >= 0.6 is 0 Å². The monoisotopic (exact) mass is 109 g/mol. The van der Waals surface area contributed by atoms with E-state index in [-0.39, 0.29) is 0 Å². The highest BCUT2D eigenvalue weighted by atomic mass is 16.5. The first-order chi connectivity index (χ1) is 4.00. The zero-order valence-electron chi connectivity index (χ0n) is 4.45. The van der Waals surface area contributed by atoms with Crippen LogP contribution in [0.15, 0.2) is 29.6 Å². The van der Waals surface area contributed by atoms with Crippen molar-refractivity contribution >= 4 is 6.21 Å². The van der Waals surface area contributed by atoms with Gasteiger partial charge >= 0.3 is 0 Å². The molecular formula is C6H7NO. The molecule has 1 heterocycles. The van der Waals surface area contributed by atoms with Gasteiger partial charge in [-0.05, 0) is 12.2 Å². The number of rotatable bonds is 0. The van der Waals surface area contributed by atoms with E-state index < -0.39 is 0 Å². The fourth-order valence-electron chi connectivity index (χ4n) is 0.405. The maximum atomic E-state index is 4.92. The highest BCUT2D eigenvalue weighted by molar-refractivity contribution is 5.71. The Balaban J connectivity index is 2.51. The molecule has 0 saturated heterocycles. The second-order valence-electron chi connectivity index (χ2n) is 1.34. The van der Waals surface area contributed by atoms with Crippen LogP contribution in [0.25, 0.3) is 0 Å². The highest BCUT2D eigenvalue weighted by Gasteiger charge is 1.74. The number of hydrogen-bond donors (Lipinski definition) is 0. The minimum atomic E-state index is 0.619. The molecule has 1 aliphatic heterocycles. The lowest BCUT2D eigenvalue weighted by Gasteiger charge is -1.92. The van der Waals surface area contributed by atoms with Crippen LogP contribution in [0.1, 0.15) is 0 Å². The molecule has 0 atom stereocenters. The van der Waals surface area contributed by atoms with E-state index in [1.807, 2.05) is 6.08 Å². The Morgan fingerprint density at radius 1 is 1.50 bits per heavy atom. The third kappa shape index (κ3) is 1.60. The van der Waals surface area contributed by atoms with Gasteiger partial charge in [0, 0.05) is 12.4 Å².